The van der Waals surface area contributed by atoms with Gasteiger partial charge in [-0.05, 0) is 24.5 Å². The van der Waals surface area contributed by atoms with Gasteiger partial charge in [-0.2, -0.15) is 11.8 Å². The van der Waals surface area contributed by atoms with Crippen molar-refractivity contribution in [2.45, 2.75) is 12.2 Å². The molecule has 114 valence electrons. The molecule has 0 saturated carbocycles. The summed E-state index contributed by atoms with van der Waals surface area (Å²) in [7, 11) is 0. The molecule has 0 bridgehead atoms. The molecule has 22 heavy (non-hydrogen) atoms. The van der Waals surface area contributed by atoms with Crippen molar-refractivity contribution in [1.29, 1.82) is 0 Å². The van der Waals surface area contributed by atoms with E-state index >= 15 is 0 Å². The second-order valence-corrected chi connectivity index (χ2v) is 5.79. The van der Waals surface area contributed by atoms with Crippen LogP contribution in [-0.4, -0.2) is 18.7 Å². The summed E-state index contributed by atoms with van der Waals surface area (Å²) in [6.45, 7) is 0.516. The van der Waals surface area contributed by atoms with Gasteiger partial charge in [0.15, 0.2) is 5.76 Å². The van der Waals surface area contributed by atoms with Crippen LogP contribution in [0, 0.1) is 0 Å². The minimum Gasteiger partial charge on any atom is -0.469 e. The van der Waals surface area contributed by atoms with Crippen LogP contribution in [0.15, 0.2) is 51.5 Å². The summed E-state index contributed by atoms with van der Waals surface area (Å²) in [6, 6.07) is 11.5. The number of fused-ring (bicyclic) bond motifs is 1. The van der Waals surface area contributed by atoms with Gasteiger partial charge >= 0.3 is 0 Å². The maximum absolute atomic E-state index is 12.4. The second-order valence-electron chi connectivity index (χ2n) is 4.92. The molecule has 0 fully saturated rings. The zero-order valence-corrected chi connectivity index (χ0v) is 13.1. The van der Waals surface area contributed by atoms with E-state index in [1.54, 1.807) is 18.0 Å². The van der Waals surface area contributed by atoms with Gasteiger partial charge in [0, 0.05) is 29.7 Å². The van der Waals surface area contributed by atoms with Crippen LogP contribution in [0.5, 0.6) is 0 Å². The Balaban J connectivity index is 1.76. The van der Waals surface area contributed by atoms with Gasteiger partial charge in [0.1, 0.15) is 11.3 Å². The first-order valence-electron chi connectivity index (χ1n) is 7.09. The molecule has 2 heterocycles. The molecular formula is C17H17NO3S. The Morgan fingerprint density at radius 1 is 1.23 bits per heavy atom. The number of benzene rings is 1. The van der Waals surface area contributed by atoms with Crippen molar-refractivity contribution in [3.63, 3.8) is 0 Å². The molecule has 3 aromatic rings. The van der Waals surface area contributed by atoms with E-state index in [4.69, 9.17) is 8.83 Å². The normalized spacial score (nSPS) is 11.0. The van der Waals surface area contributed by atoms with Crippen LogP contribution in [0.25, 0.3) is 11.0 Å². The Kier molecular flexibility index (Phi) is 4.53. The number of hydrogen-bond donors (Lipinski definition) is 1. The third kappa shape index (κ3) is 3.04. The van der Waals surface area contributed by atoms with Crippen LogP contribution < -0.4 is 5.32 Å². The van der Waals surface area contributed by atoms with Crippen LogP contribution in [0.2, 0.25) is 0 Å². The molecule has 0 aliphatic carbocycles. The molecule has 0 atom stereocenters. The van der Waals surface area contributed by atoms with E-state index in [0.717, 1.165) is 28.0 Å². The lowest BCUT2D eigenvalue weighted by Gasteiger charge is -2.04. The van der Waals surface area contributed by atoms with Crippen LogP contribution in [0.4, 0.5) is 0 Å². The first-order valence-corrected chi connectivity index (χ1v) is 8.49. The first-order chi connectivity index (χ1) is 10.8. The molecule has 0 unspecified atom stereocenters. The topological polar surface area (TPSA) is 55.4 Å². The molecule has 0 saturated heterocycles. The quantitative estimate of drug-likeness (QED) is 0.750. The zero-order chi connectivity index (χ0) is 15.4. The Labute approximate surface area is 132 Å². The fourth-order valence-electron chi connectivity index (χ4n) is 2.40. The summed E-state index contributed by atoms with van der Waals surface area (Å²) in [5.41, 5.74) is 1.71. The highest BCUT2D eigenvalue weighted by atomic mass is 32.2. The fourth-order valence-corrected chi connectivity index (χ4v) is 2.98. The number of carbonyl (C=O) groups is 1. The van der Waals surface area contributed by atoms with Gasteiger partial charge in [0.2, 0.25) is 0 Å². The number of para-hydroxylation sites is 1. The van der Waals surface area contributed by atoms with E-state index in [2.05, 4.69) is 5.32 Å². The number of nitrogens with one attached hydrogen (secondary N) is 1. The monoisotopic (exact) mass is 315 g/mol. The predicted octanol–water partition coefficient (Wildman–Crippen LogP) is 3.86. The zero-order valence-electron chi connectivity index (χ0n) is 12.3. The summed E-state index contributed by atoms with van der Waals surface area (Å²) in [4.78, 5) is 12.4. The highest BCUT2D eigenvalue weighted by Crippen LogP contribution is 2.28. The fraction of sp³-hybridized carbons (Fsp3) is 0.235. The summed E-state index contributed by atoms with van der Waals surface area (Å²) in [6.07, 6.45) is 4.31. The molecule has 0 aliphatic rings. The first kappa shape index (κ1) is 14.8. The summed E-state index contributed by atoms with van der Waals surface area (Å²) in [5.74, 6) is 1.84. The Morgan fingerprint density at radius 2 is 2.09 bits per heavy atom. The highest BCUT2D eigenvalue weighted by Gasteiger charge is 2.19. The number of rotatable bonds is 6. The molecule has 1 aromatic carbocycles. The van der Waals surface area contributed by atoms with E-state index in [1.807, 2.05) is 42.7 Å². The second kappa shape index (κ2) is 6.75. The van der Waals surface area contributed by atoms with Crippen LogP contribution in [0.3, 0.4) is 0 Å². The van der Waals surface area contributed by atoms with Crippen LogP contribution >= 0.6 is 11.8 Å². The molecule has 0 radical (unpaired) electrons. The van der Waals surface area contributed by atoms with Crippen molar-refractivity contribution in [1.82, 2.24) is 5.32 Å². The number of furan rings is 2. The molecule has 0 aliphatic heterocycles. The van der Waals surface area contributed by atoms with E-state index < -0.39 is 0 Å². The summed E-state index contributed by atoms with van der Waals surface area (Å²) < 4.78 is 11.0. The summed E-state index contributed by atoms with van der Waals surface area (Å²) >= 11 is 1.67. The van der Waals surface area contributed by atoms with Crippen molar-refractivity contribution in [3.05, 3.63) is 59.7 Å². The van der Waals surface area contributed by atoms with Crippen molar-refractivity contribution in [2.75, 3.05) is 12.8 Å². The van der Waals surface area contributed by atoms with Gasteiger partial charge in [0.25, 0.3) is 5.91 Å². The molecule has 5 heteroatoms. The van der Waals surface area contributed by atoms with E-state index in [-0.39, 0.29) is 5.91 Å². The minimum atomic E-state index is -0.174. The van der Waals surface area contributed by atoms with Crippen molar-refractivity contribution >= 4 is 28.6 Å². The van der Waals surface area contributed by atoms with Crippen LogP contribution in [0.1, 0.15) is 21.9 Å². The number of hydrogen-bond acceptors (Lipinski definition) is 4. The van der Waals surface area contributed by atoms with Crippen molar-refractivity contribution < 1.29 is 13.6 Å². The molecule has 3 rings (SSSR count). The average molecular weight is 315 g/mol. The third-order valence-electron chi connectivity index (χ3n) is 3.43. The summed E-state index contributed by atoms with van der Waals surface area (Å²) in [5, 5.41) is 3.90. The molecule has 4 nitrogen and oxygen atoms in total. The molecule has 1 amide bonds. The van der Waals surface area contributed by atoms with E-state index in [9.17, 15) is 4.79 Å². The number of amides is 1. The maximum Gasteiger partial charge on any atom is 0.287 e. The predicted molar refractivity (Wildman–Crippen MR) is 88.2 cm³/mol. The van der Waals surface area contributed by atoms with Gasteiger partial charge in [-0.15, -0.1) is 0 Å². The molecule has 0 spiro atoms. The Morgan fingerprint density at radius 3 is 2.86 bits per heavy atom. The highest BCUT2D eigenvalue weighted by molar-refractivity contribution is 7.97. The SMILES string of the molecule is CSCc1c(C(=O)NCCc2ccco2)oc2ccccc12. The van der Waals surface area contributed by atoms with Gasteiger partial charge in [-0.25, -0.2) is 0 Å². The maximum atomic E-state index is 12.4. The molecule has 2 aromatic heterocycles. The van der Waals surface area contributed by atoms with E-state index in [1.165, 1.54) is 0 Å². The number of thioether (sulfide) groups is 1. The Hall–Kier alpha value is -2.14. The lowest BCUT2D eigenvalue weighted by Crippen LogP contribution is -2.26. The number of carbonyl (C=O) groups excluding carboxylic acids is 1. The van der Waals surface area contributed by atoms with Gasteiger partial charge in [-0.3, -0.25) is 4.79 Å². The van der Waals surface area contributed by atoms with Gasteiger partial charge < -0.3 is 14.2 Å². The minimum absolute atomic E-state index is 0.174. The molecule has 1 N–H and O–H groups in total. The van der Waals surface area contributed by atoms with E-state index in [0.29, 0.717) is 18.7 Å². The van der Waals surface area contributed by atoms with Crippen molar-refractivity contribution in [2.24, 2.45) is 0 Å². The van der Waals surface area contributed by atoms with Gasteiger partial charge in [0.05, 0.1) is 6.26 Å². The lowest BCUT2D eigenvalue weighted by molar-refractivity contribution is 0.0927. The standard InChI is InChI=1S/C17H17NO3S/c1-22-11-14-13-6-2-3-7-15(13)21-16(14)17(19)18-9-8-12-5-4-10-20-12/h2-7,10H,8-9,11H2,1H3,(H,18,19). The van der Waals surface area contributed by atoms with Crippen molar-refractivity contribution in [3.8, 4) is 0 Å². The lowest BCUT2D eigenvalue weighted by atomic mass is 10.1. The smallest absolute Gasteiger partial charge is 0.287 e. The largest absolute Gasteiger partial charge is 0.469 e. The third-order valence-corrected chi connectivity index (χ3v) is 4.01. The van der Waals surface area contributed by atoms with Gasteiger partial charge in [-0.1, -0.05) is 18.2 Å². The molecular weight excluding hydrogens is 298 g/mol. The average Bonchev–Trinajstić information content (AvgIpc) is 3.16. The van der Waals surface area contributed by atoms with Crippen LogP contribution in [-0.2, 0) is 12.2 Å². The Bertz CT molecular complexity index is 761.